The zero-order chi connectivity index (χ0) is 13.0. The van der Waals surface area contributed by atoms with Crippen molar-refractivity contribution in [3.63, 3.8) is 0 Å². The molecule has 0 saturated carbocycles. The van der Waals surface area contributed by atoms with Gasteiger partial charge in [0.2, 0.25) is 5.91 Å². The molecule has 1 aromatic heterocycles. The Morgan fingerprint density at radius 1 is 1.50 bits per heavy atom. The maximum Gasteiger partial charge on any atom is 0.334 e. The molecular formula is C11H15N3O4. The van der Waals surface area contributed by atoms with Crippen LogP contribution in [0.1, 0.15) is 6.42 Å². The molecule has 1 aliphatic heterocycles. The highest BCUT2D eigenvalue weighted by atomic mass is 16.5. The van der Waals surface area contributed by atoms with Crippen molar-refractivity contribution in [2.24, 2.45) is 0 Å². The molecule has 98 valence electrons. The summed E-state index contributed by atoms with van der Waals surface area (Å²) >= 11 is 0. The van der Waals surface area contributed by atoms with Gasteiger partial charge in [0.1, 0.15) is 0 Å². The van der Waals surface area contributed by atoms with E-state index in [-0.39, 0.29) is 19.1 Å². The molecule has 1 fully saturated rings. The monoisotopic (exact) mass is 253 g/mol. The van der Waals surface area contributed by atoms with Crippen molar-refractivity contribution in [2.75, 3.05) is 19.7 Å². The van der Waals surface area contributed by atoms with E-state index in [1.807, 2.05) is 0 Å². The number of carboxylic acids is 1. The van der Waals surface area contributed by atoms with E-state index >= 15 is 0 Å². The fourth-order valence-electron chi connectivity index (χ4n) is 1.83. The number of aromatic nitrogens is 2. The molecule has 0 bridgehead atoms. The maximum absolute atomic E-state index is 11.9. The molecule has 1 saturated heterocycles. The van der Waals surface area contributed by atoms with E-state index < -0.39 is 12.1 Å². The third kappa shape index (κ3) is 3.07. The highest BCUT2D eigenvalue weighted by molar-refractivity contribution is 5.78. The van der Waals surface area contributed by atoms with E-state index in [0.29, 0.717) is 19.5 Å². The van der Waals surface area contributed by atoms with Gasteiger partial charge in [-0.15, -0.1) is 0 Å². The normalized spacial score (nSPS) is 19.8. The van der Waals surface area contributed by atoms with Gasteiger partial charge in [-0.2, -0.15) is 5.10 Å². The standard InChI is InChI=1S/C11H15N3O4/c15-10(2-5-14-4-1-3-12-14)13-6-7-18-9(8-13)11(16)17/h1,3-4,9H,2,5-8H2,(H,16,17). The van der Waals surface area contributed by atoms with E-state index in [1.54, 1.807) is 23.1 Å². The zero-order valence-corrected chi connectivity index (χ0v) is 9.86. The van der Waals surface area contributed by atoms with E-state index in [9.17, 15) is 9.59 Å². The van der Waals surface area contributed by atoms with Gasteiger partial charge in [-0.1, -0.05) is 0 Å². The van der Waals surface area contributed by atoms with E-state index in [4.69, 9.17) is 9.84 Å². The highest BCUT2D eigenvalue weighted by Gasteiger charge is 2.28. The van der Waals surface area contributed by atoms with Crippen molar-refractivity contribution in [3.8, 4) is 0 Å². The SMILES string of the molecule is O=C(O)C1CN(C(=O)CCn2cccn2)CCO1. The summed E-state index contributed by atoms with van der Waals surface area (Å²) in [6.45, 7) is 1.33. The van der Waals surface area contributed by atoms with Crippen molar-refractivity contribution in [3.05, 3.63) is 18.5 Å². The molecule has 1 aliphatic rings. The van der Waals surface area contributed by atoms with Gasteiger partial charge in [0.05, 0.1) is 13.2 Å². The highest BCUT2D eigenvalue weighted by Crippen LogP contribution is 2.07. The van der Waals surface area contributed by atoms with Gasteiger partial charge in [0.15, 0.2) is 6.10 Å². The Morgan fingerprint density at radius 2 is 2.33 bits per heavy atom. The lowest BCUT2D eigenvalue weighted by Crippen LogP contribution is -2.48. The van der Waals surface area contributed by atoms with Gasteiger partial charge in [0.25, 0.3) is 0 Å². The summed E-state index contributed by atoms with van der Waals surface area (Å²) in [5.74, 6) is -1.10. The molecule has 0 spiro atoms. The first-order valence-electron chi connectivity index (χ1n) is 5.76. The Morgan fingerprint density at radius 3 is 3.00 bits per heavy atom. The smallest absolute Gasteiger partial charge is 0.334 e. The molecule has 18 heavy (non-hydrogen) atoms. The summed E-state index contributed by atoms with van der Waals surface area (Å²) in [5, 5.41) is 12.8. The van der Waals surface area contributed by atoms with Crippen LogP contribution in [0.4, 0.5) is 0 Å². The number of carbonyl (C=O) groups excluding carboxylic acids is 1. The molecule has 0 aromatic carbocycles. The van der Waals surface area contributed by atoms with Crippen LogP contribution in [-0.4, -0.2) is 57.5 Å². The number of carboxylic acid groups (broad SMARTS) is 1. The molecule has 7 nitrogen and oxygen atoms in total. The number of amides is 1. The summed E-state index contributed by atoms with van der Waals surface area (Å²) < 4.78 is 6.73. The van der Waals surface area contributed by atoms with Gasteiger partial charge in [-0.05, 0) is 6.07 Å². The number of aliphatic carboxylic acids is 1. The number of hydrogen-bond donors (Lipinski definition) is 1. The molecule has 1 unspecified atom stereocenters. The van der Waals surface area contributed by atoms with Crippen LogP contribution in [-0.2, 0) is 20.9 Å². The predicted molar refractivity (Wildman–Crippen MR) is 60.8 cm³/mol. The second-order valence-electron chi connectivity index (χ2n) is 4.06. The van der Waals surface area contributed by atoms with Gasteiger partial charge in [0, 0.05) is 31.9 Å². The van der Waals surface area contributed by atoms with Crippen molar-refractivity contribution < 1.29 is 19.4 Å². The van der Waals surface area contributed by atoms with Crippen LogP contribution >= 0.6 is 0 Å². The largest absolute Gasteiger partial charge is 0.479 e. The number of aryl methyl sites for hydroxylation is 1. The lowest BCUT2D eigenvalue weighted by molar-refractivity contribution is -0.159. The number of nitrogens with zero attached hydrogens (tertiary/aromatic N) is 3. The van der Waals surface area contributed by atoms with Crippen LogP contribution in [0.5, 0.6) is 0 Å². The fraction of sp³-hybridized carbons (Fsp3) is 0.545. The predicted octanol–water partition coefficient (Wildman–Crippen LogP) is -0.415. The maximum atomic E-state index is 11.9. The summed E-state index contributed by atoms with van der Waals surface area (Å²) in [7, 11) is 0. The first-order valence-corrected chi connectivity index (χ1v) is 5.76. The summed E-state index contributed by atoms with van der Waals surface area (Å²) in [6, 6.07) is 1.79. The minimum absolute atomic E-state index is 0.0694. The van der Waals surface area contributed by atoms with Crippen LogP contribution < -0.4 is 0 Å². The molecule has 1 atom stereocenters. The van der Waals surface area contributed by atoms with Crippen molar-refractivity contribution >= 4 is 11.9 Å². The van der Waals surface area contributed by atoms with Crippen molar-refractivity contribution in [2.45, 2.75) is 19.1 Å². The van der Waals surface area contributed by atoms with Crippen molar-refractivity contribution in [1.82, 2.24) is 14.7 Å². The summed E-state index contributed by atoms with van der Waals surface area (Å²) in [6.07, 6.45) is 2.84. The van der Waals surface area contributed by atoms with Gasteiger partial charge in [-0.25, -0.2) is 4.79 Å². The Kier molecular flexibility index (Phi) is 3.93. The first kappa shape index (κ1) is 12.6. The molecule has 7 heteroatoms. The zero-order valence-electron chi connectivity index (χ0n) is 9.86. The van der Waals surface area contributed by atoms with Gasteiger partial charge >= 0.3 is 5.97 Å². The average Bonchev–Trinajstić information content (AvgIpc) is 2.89. The van der Waals surface area contributed by atoms with Crippen molar-refractivity contribution in [1.29, 1.82) is 0 Å². The second-order valence-corrected chi connectivity index (χ2v) is 4.06. The molecule has 2 heterocycles. The number of rotatable bonds is 4. The minimum Gasteiger partial charge on any atom is -0.479 e. The lowest BCUT2D eigenvalue weighted by atomic mass is 10.2. The van der Waals surface area contributed by atoms with Gasteiger partial charge in [-0.3, -0.25) is 9.48 Å². The number of hydrogen-bond acceptors (Lipinski definition) is 4. The number of morpholine rings is 1. The van der Waals surface area contributed by atoms with E-state index in [0.717, 1.165) is 0 Å². The second kappa shape index (κ2) is 5.63. The Hall–Kier alpha value is -1.89. The van der Waals surface area contributed by atoms with Gasteiger partial charge < -0.3 is 14.7 Å². The Labute approximate surface area is 104 Å². The van der Waals surface area contributed by atoms with Crippen LogP contribution in [0.25, 0.3) is 0 Å². The molecule has 0 radical (unpaired) electrons. The third-order valence-electron chi connectivity index (χ3n) is 2.81. The number of carbonyl (C=O) groups is 2. The molecular weight excluding hydrogens is 238 g/mol. The Balaban J connectivity index is 1.83. The van der Waals surface area contributed by atoms with Crippen LogP contribution in [0.3, 0.4) is 0 Å². The summed E-state index contributed by atoms with van der Waals surface area (Å²) in [5.41, 5.74) is 0. The fourth-order valence-corrected chi connectivity index (χ4v) is 1.83. The molecule has 1 N–H and O–H groups in total. The summed E-state index contributed by atoms with van der Waals surface area (Å²) in [4.78, 5) is 24.2. The van der Waals surface area contributed by atoms with E-state index in [2.05, 4.69) is 5.10 Å². The quantitative estimate of drug-likeness (QED) is 0.788. The average molecular weight is 253 g/mol. The van der Waals surface area contributed by atoms with Crippen LogP contribution in [0.15, 0.2) is 18.5 Å². The van der Waals surface area contributed by atoms with Crippen LogP contribution in [0, 0.1) is 0 Å². The molecule has 1 amide bonds. The third-order valence-corrected chi connectivity index (χ3v) is 2.81. The minimum atomic E-state index is -1.03. The lowest BCUT2D eigenvalue weighted by Gasteiger charge is -2.30. The first-order chi connectivity index (χ1) is 8.66. The topological polar surface area (TPSA) is 84.7 Å². The Bertz CT molecular complexity index is 418. The van der Waals surface area contributed by atoms with E-state index in [1.165, 1.54) is 4.90 Å². The number of ether oxygens (including phenoxy) is 1. The molecule has 0 aliphatic carbocycles. The molecule has 1 aromatic rings. The molecule has 2 rings (SSSR count). The van der Waals surface area contributed by atoms with Crippen LogP contribution in [0.2, 0.25) is 0 Å².